The van der Waals surface area contributed by atoms with Crippen LogP contribution in [0.2, 0.25) is 0 Å². The number of fused-ring (bicyclic) bond motifs is 1. The van der Waals surface area contributed by atoms with Gasteiger partial charge in [-0.3, -0.25) is 4.79 Å². The Morgan fingerprint density at radius 3 is 2.42 bits per heavy atom. The Bertz CT molecular complexity index is 1310. The van der Waals surface area contributed by atoms with E-state index in [0.29, 0.717) is 16.7 Å². The maximum Gasteiger partial charge on any atom is 0.375 e. The van der Waals surface area contributed by atoms with Gasteiger partial charge in [0.15, 0.2) is 6.61 Å². The molecule has 5 nitrogen and oxygen atoms in total. The van der Waals surface area contributed by atoms with E-state index < -0.39 is 5.97 Å². The fourth-order valence-corrected chi connectivity index (χ4v) is 4.16. The predicted molar refractivity (Wildman–Crippen MR) is 123 cm³/mol. The number of benzene rings is 2. The molecule has 0 atom stereocenters. The highest BCUT2D eigenvalue weighted by Crippen LogP contribution is 2.28. The van der Waals surface area contributed by atoms with Gasteiger partial charge in [-0.15, -0.1) is 0 Å². The van der Waals surface area contributed by atoms with Crippen molar-refractivity contribution in [3.63, 3.8) is 0 Å². The van der Waals surface area contributed by atoms with E-state index in [9.17, 15) is 9.59 Å². The van der Waals surface area contributed by atoms with Crippen LogP contribution in [0, 0.1) is 27.7 Å². The molecule has 0 fully saturated rings. The summed E-state index contributed by atoms with van der Waals surface area (Å²) in [6.45, 7) is 7.32. The van der Waals surface area contributed by atoms with Crippen LogP contribution in [0.25, 0.3) is 16.7 Å². The summed E-state index contributed by atoms with van der Waals surface area (Å²) >= 11 is 3.42. The Kier molecular flexibility index (Phi) is 5.58. The van der Waals surface area contributed by atoms with Crippen molar-refractivity contribution >= 4 is 38.7 Å². The third-order valence-corrected chi connectivity index (χ3v) is 5.93. The minimum atomic E-state index is -0.648. The van der Waals surface area contributed by atoms with Crippen LogP contribution in [0.4, 0.5) is 0 Å². The Morgan fingerprint density at radius 1 is 1.00 bits per heavy atom. The average Bonchev–Trinajstić information content (AvgIpc) is 3.23. The molecule has 4 rings (SSSR count). The van der Waals surface area contributed by atoms with Crippen LogP contribution in [0.3, 0.4) is 0 Å². The van der Waals surface area contributed by atoms with Gasteiger partial charge in [0.2, 0.25) is 11.5 Å². The van der Waals surface area contributed by atoms with E-state index in [2.05, 4.69) is 15.9 Å². The van der Waals surface area contributed by atoms with Gasteiger partial charge >= 0.3 is 5.97 Å². The molecule has 0 aliphatic rings. The number of furan rings is 1. The number of ketones is 1. The number of aryl methyl sites for hydroxylation is 3. The number of rotatable bonds is 5. The van der Waals surface area contributed by atoms with Crippen LogP contribution < -0.4 is 0 Å². The molecule has 2 aromatic heterocycles. The number of hydrogen-bond acceptors (Lipinski definition) is 4. The van der Waals surface area contributed by atoms with Crippen molar-refractivity contribution in [3.8, 4) is 5.69 Å². The number of Topliss-reactive ketones (excluding diaryl/α,β-unsaturated/α-hetero) is 1. The smallest absolute Gasteiger partial charge is 0.375 e. The highest BCUT2D eigenvalue weighted by Gasteiger charge is 2.22. The molecular formula is C25H22BrNO4. The Hall–Kier alpha value is -3.12. The van der Waals surface area contributed by atoms with Crippen molar-refractivity contribution in [1.29, 1.82) is 0 Å². The van der Waals surface area contributed by atoms with Crippen LogP contribution in [-0.2, 0) is 4.74 Å². The molecule has 0 unspecified atom stereocenters. The van der Waals surface area contributed by atoms with Crippen molar-refractivity contribution in [2.75, 3.05) is 6.61 Å². The maximum absolute atomic E-state index is 12.8. The molecule has 6 heteroatoms. The fraction of sp³-hybridized carbons (Fsp3) is 0.200. The number of ether oxygens (including phenoxy) is 1. The second-order valence-corrected chi connectivity index (χ2v) is 8.57. The van der Waals surface area contributed by atoms with Crippen molar-refractivity contribution in [2.45, 2.75) is 27.7 Å². The monoisotopic (exact) mass is 479 g/mol. The second-order valence-electron chi connectivity index (χ2n) is 7.65. The second kappa shape index (κ2) is 8.19. The molecule has 158 valence electrons. The molecule has 31 heavy (non-hydrogen) atoms. The molecule has 0 saturated heterocycles. The highest BCUT2D eigenvalue weighted by molar-refractivity contribution is 9.10. The summed E-state index contributed by atoms with van der Waals surface area (Å²) < 4.78 is 13.9. The summed E-state index contributed by atoms with van der Waals surface area (Å²) in [6, 6.07) is 15.4. The quantitative estimate of drug-likeness (QED) is 0.250. The van der Waals surface area contributed by atoms with Crippen molar-refractivity contribution in [2.24, 2.45) is 0 Å². The molecule has 0 N–H and O–H groups in total. The SMILES string of the molecule is Cc1ccc(-n2c(C)cc(C(=O)COC(=O)c3oc4ccc(Br)cc4c3C)c2C)cc1. The van der Waals surface area contributed by atoms with Crippen LogP contribution >= 0.6 is 15.9 Å². The molecular weight excluding hydrogens is 458 g/mol. The van der Waals surface area contributed by atoms with Crippen molar-refractivity contribution in [3.05, 3.63) is 86.8 Å². The molecule has 0 radical (unpaired) electrons. The highest BCUT2D eigenvalue weighted by atomic mass is 79.9. The van der Waals surface area contributed by atoms with E-state index in [-0.39, 0.29) is 18.2 Å². The minimum Gasteiger partial charge on any atom is -0.451 e. The van der Waals surface area contributed by atoms with Gasteiger partial charge < -0.3 is 13.7 Å². The van der Waals surface area contributed by atoms with Gasteiger partial charge in [0.1, 0.15) is 5.58 Å². The molecule has 0 amide bonds. The molecule has 4 aromatic rings. The number of aromatic nitrogens is 1. The van der Waals surface area contributed by atoms with Gasteiger partial charge in [-0.05, 0) is 64.1 Å². The van der Waals surface area contributed by atoms with Gasteiger partial charge in [0.25, 0.3) is 0 Å². The maximum atomic E-state index is 12.8. The van der Waals surface area contributed by atoms with E-state index >= 15 is 0 Å². The first kappa shape index (κ1) is 21.1. The summed E-state index contributed by atoms with van der Waals surface area (Å²) in [7, 11) is 0. The van der Waals surface area contributed by atoms with E-state index in [1.165, 1.54) is 5.56 Å². The fourth-order valence-electron chi connectivity index (χ4n) is 3.80. The standard InChI is InChI=1S/C25H22BrNO4/c1-14-5-8-19(9-6-14)27-15(2)11-21(17(27)4)22(28)13-30-25(29)24-16(3)20-12-18(26)7-10-23(20)31-24/h5-12H,13H2,1-4H3. The van der Waals surface area contributed by atoms with Crippen LogP contribution in [0.5, 0.6) is 0 Å². The summed E-state index contributed by atoms with van der Waals surface area (Å²) in [6.07, 6.45) is 0. The Morgan fingerprint density at radius 2 is 1.71 bits per heavy atom. The predicted octanol–water partition coefficient (Wildman–Crippen LogP) is 6.26. The van der Waals surface area contributed by atoms with Gasteiger partial charge in [-0.25, -0.2) is 4.79 Å². The molecule has 2 aromatic carbocycles. The molecule has 0 aliphatic carbocycles. The first-order valence-corrected chi connectivity index (χ1v) is 10.7. The number of esters is 1. The lowest BCUT2D eigenvalue weighted by Gasteiger charge is -2.10. The van der Waals surface area contributed by atoms with Crippen molar-refractivity contribution < 1.29 is 18.7 Å². The summed E-state index contributed by atoms with van der Waals surface area (Å²) in [5.41, 5.74) is 5.73. The number of carbonyl (C=O) groups excluding carboxylic acids is 2. The molecule has 0 saturated carbocycles. The lowest BCUT2D eigenvalue weighted by molar-refractivity contribution is 0.0445. The normalized spacial score (nSPS) is 11.1. The molecule has 0 aliphatic heterocycles. The third-order valence-electron chi connectivity index (χ3n) is 5.44. The molecule has 2 heterocycles. The zero-order valence-electron chi connectivity index (χ0n) is 17.8. The van der Waals surface area contributed by atoms with E-state index in [1.54, 1.807) is 13.0 Å². The van der Waals surface area contributed by atoms with E-state index in [1.807, 2.05) is 67.8 Å². The van der Waals surface area contributed by atoms with E-state index in [4.69, 9.17) is 9.15 Å². The Labute approximate surface area is 188 Å². The van der Waals surface area contributed by atoms with Gasteiger partial charge in [0.05, 0.1) is 0 Å². The zero-order chi connectivity index (χ0) is 22.3. The minimum absolute atomic E-state index is 0.117. The van der Waals surface area contributed by atoms with Crippen LogP contribution in [-0.4, -0.2) is 22.9 Å². The van der Waals surface area contributed by atoms with Crippen molar-refractivity contribution in [1.82, 2.24) is 4.57 Å². The first-order valence-electron chi connectivity index (χ1n) is 9.91. The number of carbonyl (C=O) groups is 2. The third kappa shape index (κ3) is 3.95. The topological polar surface area (TPSA) is 61.4 Å². The summed E-state index contributed by atoms with van der Waals surface area (Å²) in [5, 5.41) is 0.828. The lowest BCUT2D eigenvalue weighted by Crippen LogP contribution is -2.15. The largest absolute Gasteiger partial charge is 0.451 e. The van der Waals surface area contributed by atoms with E-state index in [0.717, 1.165) is 26.9 Å². The first-order chi connectivity index (χ1) is 14.8. The summed E-state index contributed by atoms with van der Waals surface area (Å²) in [5.74, 6) is -0.784. The lowest BCUT2D eigenvalue weighted by atomic mass is 10.1. The van der Waals surface area contributed by atoms with Gasteiger partial charge in [0, 0.05) is 38.1 Å². The average molecular weight is 480 g/mol. The molecule has 0 spiro atoms. The Balaban J connectivity index is 1.53. The summed E-state index contributed by atoms with van der Waals surface area (Å²) in [4.78, 5) is 25.4. The number of halogens is 1. The van der Waals surface area contributed by atoms with Gasteiger partial charge in [-0.1, -0.05) is 33.6 Å². The van der Waals surface area contributed by atoms with Crippen LogP contribution in [0.1, 0.15) is 43.4 Å². The van der Waals surface area contributed by atoms with Crippen LogP contribution in [0.15, 0.2) is 57.4 Å². The van der Waals surface area contributed by atoms with Gasteiger partial charge in [-0.2, -0.15) is 0 Å². The number of nitrogens with zero attached hydrogens (tertiary/aromatic N) is 1. The molecule has 0 bridgehead atoms. The number of hydrogen-bond donors (Lipinski definition) is 0. The zero-order valence-corrected chi connectivity index (χ0v) is 19.4.